The van der Waals surface area contributed by atoms with E-state index in [1.165, 1.54) is 33.2 Å². The average molecular weight is 541 g/mol. The fourth-order valence-electron chi connectivity index (χ4n) is 5.57. The molecule has 2 fully saturated rings. The van der Waals surface area contributed by atoms with Crippen LogP contribution in [0, 0.1) is 5.92 Å². The van der Waals surface area contributed by atoms with Crippen LogP contribution in [0.25, 0.3) is 5.57 Å². The van der Waals surface area contributed by atoms with Crippen molar-refractivity contribution < 1.29 is 13.9 Å². The molecule has 3 aliphatic rings. The van der Waals surface area contributed by atoms with Crippen LogP contribution in [0.4, 0.5) is 4.39 Å². The first-order chi connectivity index (χ1) is 17.1. The van der Waals surface area contributed by atoms with E-state index >= 15 is 0 Å². The molecule has 2 aromatic rings. The van der Waals surface area contributed by atoms with E-state index in [1.54, 1.807) is 0 Å². The second-order valence-corrected chi connectivity index (χ2v) is 11.2. The molecule has 186 valence electrons. The number of fused-ring (bicyclic) bond motifs is 1. The van der Waals surface area contributed by atoms with Gasteiger partial charge < -0.3 is 4.74 Å². The molecule has 1 heterocycles. The van der Waals surface area contributed by atoms with E-state index in [1.807, 2.05) is 0 Å². The standard InChI is InChI=1S/C30H35BrFNO2/c31-28-7-2-6-24-18-21(19-29(34)22-4-1-5-22)8-13-27(24)30(28)23-9-11-25(12-10-23)35-26-14-17-33(20-26)16-3-15-32/h8-13,18,22,26H,1-7,14-17,19-20H2. The Bertz CT molecular complexity index is 1080. The Kier molecular flexibility index (Phi) is 8.04. The maximum Gasteiger partial charge on any atom is 0.140 e. The van der Waals surface area contributed by atoms with Crippen LogP contribution in [0.2, 0.25) is 0 Å². The van der Waals surface area contributed by atoms with Crippen LogP contribution in [0.15, 0.2) is 46.9 Å². The van der Waals surface area contributed by atoms with Crippen LogP contribution in [0.5, 0.6) is 5.75 Å². The summed E-state index contributed by atoms with van der Waals surface area (Å²) in [6.45, 7) is 2.41. The van der Waals surface area contributed by atoms with Gasteiger partial charge in [0.15, 0.2) is 0 Å². The number of aryl methyl sites for hydroxylation is 1. The molecule has 5 heteroatoms. The zero-order valence-electron chi connectivity index (χ0n) is 20.4. The maximum atomic E-state index is 12.5. The zero-order chi connectivity index (χ0) is 24.2. The molecule has 1 saturated carbocycles. The molecular formula is C30H35BrFNO2. The lowest BCUT2D eigenvalue weighted by atomic mass is 9.80. The molecule has 0 radical (unpaired) electrons. The van der Waals surface area contributed by atoms with Crippen LogP contribution in [-0.4, -0.2) is 43.1 Å². The highest BCUT2D eigenvalue weighted by Gasteiger charge is 2.26. The Morgan fingerprint density at radius 3 is 2.63 bits per heavy atom. The van der Waals surface area contributed by atoms with Gasteiger partial charge in [0.25, 0.3) is 0 Å². The largest absolute Gasteiger partial charge is 0.489 e. The predicted octanol–water partition coefficient (Wildman–Crippen LogP) is 6.90. The fraction of sp³-hybridized carbons (Fsp3) is 0.500. The molecule has 3 nitrogen and oxygen atoms in total. The summed E-state index contributed by atoms with van der Waals surface area (Å²) in [7, 11) is 0. The molecule has 0 amide bonds. The Balaban J connectivity index is 1.29. The first-order valence-corrected chi connectivity index (χ1v) is 14.0. The summed E-state index contributed by atoms with van der Waals surface area (Å²) in [5.41, 5.74) is 6.19. The summed E-state index contributed by atoms with van der Waals surface area (Å²) in [5.74, 6) is 1.59. The minimum Gasteiger partial charge on any atom is -0.489 e. The van der Waals surface area contributed by atoms with Gasteiger partial charge in [-0.05, 0) is 84.9 Å². The van der Waals surface area contributed by atoms with E-state index in [2.05, 4.69) is 63.3 Å². The van der Waals surface area contributed by atoms with Gasteiger partial charge in [0.1, 0.15) is 17.6 Å². The molecule has 0 bridgehead atoms. The third-order valence-electron chi connectivity index (χ3n) is 7.77. The number of carbonyl (C=O) groups is 1. The summed E-state index contributed by atoms with van der Waals surface area (Å²) in [6.07, 6.45) is 8.81. The Labute approximate surface area is 216 Å². The number of hydrogen-bond donors (Lipinski definition) is 0. The van der Waals surface area contributed by atoms with Crippen molar-refractivity contribution >= 4 is 27.3 Å². The van der Waals surface area contributed by atoms with Crippen LogP contribution >= 0.6 is 15.9 Å². The topological polar surface area (TPSA) is 29.5 Å². The van der Waals surface area contributed by atoms with Gasteiger partial charge in [0.2, 0.25) is 0 Å². The molecule has 1 unspecified atom stereocenters. The van der Waals surface area contributed by atoms with E-state index in [-0.39, 0.29) is 12.8 Å². The second kappa shape index (κ2) is 11.4. The van der Waals surface area contributed by atoms with Gasteiger partial charge in [0.05, 0.1) is 6.67 Å². The molecule has 0 spiro atoms. The van der Waals surface area contributed by atoms with Crippen LogP contribution < -0.4 is 4.74 Å². The fourth-order valence-corrected chi connectivity index (χ4v) is 6.30. The van der Waals surface area contributed by atoms with Crippen molar-refractivity contribution in [3.05, 3.63) is 69.2 Å². The van der Waals surface area contributed by atoms with Crippen molar-refractivity contribution in [1.82, 2.24) is 4.90 Å². The summed E-state index contributed by atoms with van der Waals surface area (Å²) >= 11 is 3.88. The smallest absolute Gasteiger partial charge is 0.140 e. The number of hydrogen-bond acceptors (Lipinski definition) is 3. The van der Waals surface area contributed by atoms with Crippen LogP contribution in [0.3, 0.4) is 0 Å². The summed E-state index contributed by atoms with van der Waals surface area (Å²) in [4.78, 5) is 14.8. The number of ether oxygens (including phenoxy) is 1. The minimum atomic E-state index is -0.252. The van der Waals surface area contributed by atoms with E-state index in [0.717, 1.165) is 69.5 Å². The number of ketones is 1. The lowest BCUT2D eigenvalue weighted by Crippen LogP contribution is -2.26. The molecule has 5 rings (SSSR count). The highest BCUT2D eigenvalue weighted by Crippen LogP contribution is 2.39. The molecule has 0 N–H and O–H groups in total. The van der Waals surface area contributed by atoms with E-state index in [9.17, 15) is 9.18 Å². The Morgan fingerprint density at radius 2 is 1.89 bits per heavy atom. The number of carbonyl (C=O) groups excluding carboxylic acids is 1. The first kappa shape index (κ1) is 24.7. The number of alkyl halides is 1. The van der Waals surface area contributed by atoms with Crippen molar-refractivity contribution in [3.63, 3.8) is 0 Å². The van der Waals surface area contributed by atoms with E-state index < -0.39 is 0 Å². The molecule has 1 aliphatic heterocycles. The molecule has 1 atom stereocenters. The van der Waals surface area contributed by atoms with Crippen molar-refractivity contribution in [2.45, 2.75) is 63.9 Å². The van der Waals surface area contributed by atoms with Gasteiger partial charge >= 0.3 is 0 Å². The lowest BCUT2D eigenvalue weighted by molar-refractivity contribution is -0.124. The summed E-state index contributed by atoms with van der Waals surface area (Å²) in [5, 5.41) is 0. The molecule has 1 saturated heterocycles. The third-order valence-corrected chi connectivity index (χ3v) is 8.57. The normalized spacial score (nSPS) is 20.9. The average Bonchev–Trinajstić information content (AvgIpc) is 3.19. The molecule has 0 aromatic heterocycles. The number of likely N-dealkylation sites (tertiary alicyclic amines) is 1. The maximum absolute atomic E-state index is 12.5. The highest BCUT2D eigenvalue weighted by molar-refractivity contribution is 9.11. The van der Waals surface area contributed by atoms with Crippen LogP contribution in [0.1, 0.15) is 67.2 Å². The van der Waals surface area contributed by atoms with Gasteiger partial charge in [0, 0.05) is 36.5 Å². The van der Waals surface area contributed by atoms with Crippen molar-refractivity contribution in [2.75, 3.05) is 26.3 Å². The van der Waals surface area contributed by atoms with Gasteiger partial charge in [-0.15, -0.1) is 0 Å². The van der Waals surface area contributed by atoms with Crippen LogP contribution in [-0.2, 0) is 17.6 Å². The SMILES string of the molecule is O=C(Cc1ccc2c(c1)CCCC(Br)=C2c1ccc(OC2CCN(CCCF)C2)cc1)C1CCC1. The lowest BCUT2D eigenvalue weighted by Gasteiger charge is -2.24. The number of Topliss-reactive ketones (excluding diaryl/α,β-unsaturated/α-hetero) is 1. The zero-order valence-corrected chi connectivity index (χ0v) is 22.0. The first-order valence-electron chi connectivity index (χ1n) is 13.2. The van der Waals surface area contributed by atoms with Gasteiger partial charge in [-0.25, -0.2) is 0 Å². The monoisotopic (exact) mass is 539 g/mol. The second-order valence-electron chi connectivity index (χ2n) is 10.3. The number of nitrogens with zero attached hydrogens (tertiary/aromatic N) is 1. The van der Waals surface area contributed by atoms with Crippen molar-refractivity contribution in [3.8, 4) is 5.75 Å². The van der Waals surface area contributed by atoms with E-state index in [0.29, 0.717) is 24.5 Å². The number of rotatable bonds is 9. The molecule has 35 heavy (non-hydrogen) atoms. The van der Waals surface area contributed by atoms with Crippen molar-refractivity contribution in [2.24, 2.45) is 5.92 Å². The highest BCUT2D eigenvalue weighted by atomic mass is 79.9. The van der Waals surface area contributed by atoms with Crippen molar-refractivity contribution in [1.29, 1.82) is 0 Å². The Hall–Kier alpha value is -1.98. The quantitative estimate of drug-likeness (QED) is 0.347. The van der Waals surface area contributed by atoms with Gasteiger partial charge in [-0.1, -0.05) is 52.7 Å². The van der Waals surface area contributed by atoms with E-state index in [4.69, 9.17) is 4.74 Å². The van der Waals surface area contributed by atoms with Gasteiger partial charge in [-0.2, -0.15) is 0 Å². The molecular weight excluding hydrogens is 505 g/mol. The summed E-state index contributed by atoms with van der Waals surface area (Å²) < 4.78 is 19.9. The Morgan fingerprint density at radius 1 is 1.06 bits per heavy atom. The predicted molar refractivity (Wildman–Crippen MR) is 143 cm³/mol. The number of benzene rings is 2. The number of allylic oxidation sites excluding steroid dienone is 1. The summed E-state index contributed by atoms with van der Waals surface area (Å²) in [6, 6.07) is 15.1. The number of halogens is 2. The molecule has 2 aromatic carbocycles. The van der Waals surface area contributed by atoms with Gasteiger partial charge in [-0.3, -0.25) is 14.1 Å². The minimum absolute atomic E-state index is 0.172. The molecule has 2 aliphatic carbocycles. The third kappa shape index (κ3) is 5.89.